The highest BCUT2D eigenvalue weighted by Gasteiger charge is 2.19. The monoisotopic (exact) mass is 463 g/mol. The van der Waals surface area contributed by atoms with Crippen molar-refractivity contribution in [3.63, 3.8) is 0 Å². The van der Waals surface area contributed by atoms with Crippen LogP contribution in [0.3, 0.4) is 0 Å². The zero-order valence-corrected chi connectivity index (χ0v) is 18.0. The number of hydrogen-bond donors (Lipinski definition) is 1. The van der Waals surface area contributed by atoms with Gasteiger partial charge in [-0.25, -0.2) is 4.98 Å². The minimum Gasteiger partial charge on any atom is -0.397 e. The normalized spacial score (nSPS) is 11.2. The first kappa shape index (κ1) is 20.0. The van der Waals surface area contributed by atoms with Crippen LogP contribution in [-0.4, -0.2) is 9.55 Å². The molecule has 2 heterocycles. The first-order chi connectivity index (χ1) is 13.8. The molecule has 29 heavy (non-hydrogen) atoms. The summed E-state index contributed by atoms with van der Waals surface area (Å²) in [5.74, 6) is 0. The highest BCUT2D eigenvalue weighted by molar-refractivity contribution is 6.36. The van der Waals surface area contributed by atoms with Gasteiger partial charge in [-0.15, -0.1) is 0 Å². The number of nitrogens with zero attached hydrogens (tertiary/aromatic N) is 2. The Morgan fingerprint density at radius 1 is 0.897 bits per heavy atom. The molecule has 0 saturated heterocycles. The second-order valence-corrected chi connectivity index (χ2v) is 8.14. The molecule has 0 saturated carbocycles. The van der Waals surface area contributed by atoms with Crippen LogP contribution in [0.2, 0.25) is 20.1 Å². The van der Waals surface area contributed by atoms with Crippen molar-refractivity contribution in [2.75, 3.05) is 5.73 Å². The quantitative estimate of drug-likeness (QED) is 0.370. The van der Waals surface area contributed by atoms with Gasteiger partial charge in [-0.1, -0.05) is 58.5 Å². The smallest absolute Gasteiger partial charge is 0.272 e. The summed E-state index contributed by atoms with van der Waals surface area (Å²) in [6.45, 7) is 0. The SMILES string of the molecule is Cn1c(=O)c(Cl)c(N)c2cc(-c3ccc(Cl)cc3)c(-c3ccc(Cl)cc3Cl)nc21. The number of anilines is 1. The van der Waals surface area contributed by atoms with E-state index in [0.717, 1.165) is 11.1 Å². The minimum absolute atomic E-state index is 0.0406. The number of aromatic nitrogens is 2. The Morgan fingerprint density at radius 3 is 2.21 bits per heavy atom. The van der Waals surface area contributed by atoms with Crippen LogP contribution in [0.1, 0.15) is 0 Å². The molecule has 2 N–H and O–H groups in total. The van der Waals surface area contributed by atoms with Gasteiger partial charge in [-0.05, 0) is 42.0 Å². The van der Waals surface area contributed by atoms with E-state index in [1.165, 1.54) is 4.57 Å². The second kappa shape index (κ2) is 7.54. The summed E-state index contributed by atoms with van der Waals surface area (Å²) in [6, 6.07) is 14.3. The lowest BCUT2D eigenvalue weighted by atomic mass is 9.97. The molecule has 4 aromatic rings. The summed E-state index contributed by atoms with van der Waals surface area (Å²) in [5.41, 5.74) is 9.18. The molecule has 0 fully saturated rings. The number of nitrogen functional groups attached to an aromatic ring is 1. The lowest BCUT2D eigenvalue weighted by Gasteiger charge is -2.16. The lowest BCUT2D eigenvalue weighted by molar-refractivity contribution is 0.890. The van der Waals surface area contributed by atoms with Gasteiger partial charge in [0, 0.05) is 33.6 Å². The zero-order valence-electron chi connectivity index (χ0n) is 15.0. The van der Waals surface area contributed by atoms with E-state index in [1.54, 1.807) is 37.4 Å². The third-order valence-electron chi connectivity index (χ3n) is 4.68. The summed E-state index contributed by atoms with van der Waals surface area (Å²) in [6.07, 6.45) is 0. The number of rotatable bonds is 2. The molecule has 0 amide bonds. The largest absolute Gasteiger partial charge is 0.397 e. The van der Waals surface area contributed by atoms with Gasteiger partial charge in [0.05, 0.1) is 16.4 Å². The molecular weight excluding hydrogens is 452 g/mol. The maximum absolute atomic E-state index is 12.4. The average Bonchev–Trinajstić information content (AvgIpc) is 2.70. The Balaban J connectivity index is 2.15. The molecule has 0 aliphatic heterocycles. The number of pyridine rings is 2. The van der Waals surface area contributed by atoms with Gasteiger partial charge in [0.25, 0.3) is 5.56 Å². The molecule has 146 valence electrons. The standard InChI is InChI=1S/C21H13Cl4N3O/c1-28-20-15(18(26)17(25)21(28)29)9-14(10-2-4-11(22)5-3-10)19(27-20)13-7-6-12(23)8-16(13)24/h2-9H,26H2,1H3. The van der Waals surface area contributed by atoms with Gasteiger partial charge in [-0.2, -0.15) is 0 Å². The van der Waals surface area contributed by atoms with Crippen molar-refractivity contribution in [2.24, 2.45) is 7.05 Å². The summed E-state index contributed by atoms with van der Waals surface area (Å²) >= 11 is 24.7. The predicted octanol–water partition coefficient (Wildman–Crippen LogP) is 6.46. The van der Waals surface area contributed by atoms with E-state index < -0.39 is 5.56 Å². The maximum Gasteiger partial charge on any atom is 0.272 e. The fourth-order valence-corrected chi connectivity index (χ4v) is 4.02. The molecular formula is C21H13Cl4N3O. The van der Waals surface area contributed by atoms with E-state index in [2.05, 4.69) is 0 Å². The second-order valence-electron chi connectivity index (χ2n) is 6.48. The first-order valence-electron chi connectivity index (χ1n) is 8.48. The average molecular weight is 465 g/mol. The topological polar surface area (TPSA) is 60.9 Å². The van der Waals surface area contributed by atoms with Crippen molar-refractivity contribution in [2.45, 2.75) is 0 Å². The van der Waals surface area contributed by atoms with Crippen molar-refractivity contribution in [3.8, 4) is 22.4 Å². The molecule has 0 unspecified atom stereocenters. The van der Waals surface area contributed by atoms with E-state index in [-0.39, 0.29) is 10.7 Å². The van der Waals surface area contributed by atoms with Crippen LogP contribution >= 0.6 is 46.4 Å². The molecule has 8 heteroatoms. The van der Waals surface area contributed by atoms with Crippen LogP contribution in [-0.2, 0) is 7.05 Å². The Labute approximate surface area is 186 Å². The van der Waals surface area contributed by atoms with Crippen molar-refractivity contribution in [1.82, 2.24) is 9.55 Å². The molecule has 2 aromatic carbocycles. The Hall–Kier alpha value is -2.24. The number of nitrogens with two attached hydrogens (primary N) is 1. The highest BCUT2D eigenvalue weighted by atomic mass is 35.5. The zero-order chi connectivity index (χ0) is 20.9. The summed E-state index contributed by atoms with van der Waals surface area (Å²) in [7, 11) is 1.60. The van der Waals surface area contributed by atoms with Crippen LogP contribution in [0.4, 0.5) is 5.69 Å². The van der Waals surface area contributed by atoms with Gasteiger partial charge < -0.3 is 5.73 Å². The van der Waals surface area contributed by atoms with Crippen molar-refractivity contribution < 1.29 is 0 Å². The van der Waals surface area contributed by atoms with Crippen LogP contribution in [0.5, 0.6) is 0 Å². The Kier molecular flexibility index (Phi) is 5.21. The van der Waals surface area contributed by atoms with E-state index in [0.29, 0.717) is 37.4 Å². The van der Waals surface area contributed by atoms with Gasteiger partial charge in [0.15, 0.2) is 0 Å². The molecule has 0 spiro atoms. The van der Waals surface area contributed by atoms with E-state index in [9.17, 15) is 4.79 Å². The third-order valence-corrected chi connectivity index (χ3v) is 5.85. The fourth-order valence-electron chi connectivity index (χ4n) is 3.17. The highest BCUT2D eigenvalue weighted by Crippen LogP contribution is 2.39. The molecule has 0 aliphatic carbocycles. The van der Waals surface area contributed by atoms with Crippen molar-refractivity contribution in [1.29, 1.82) is 0 Å². The van der Waals surface area contributed by atoms with Crippen LogP contribution < -0.4 is 11.3 Å². The van der Waals surface area contributed by atoms with E-state index in [4.69, 9.17) is 57.1 Å². The maximum atomic E-state index is 12.4. The number of aryl methyl sites for hydroxylation is 1. The van der Waals surface area contributed by atoms with Crippen LogP contribution in [0.15, 0.2) is 53.3 Å². The van der Waals surface area contributed by atoms with Crippen molar-refractivity contribution >= 4 is 63.1 Å². The summed E-state index contributed by atoms with van der Waals surface area (Å²) < 4.78 is 1.37. The van der Waals surface area contributed by atoms with Gasteiger partial charge in [-0.3, -0.25) is 9.36 Å². The molecule has 0 aliphatic rings. The minimum atomic E-state index is -0.420. The van der Waals surface area contributed by atoms with Crippen LogP contribution in [0, 0.1) is 0 Å². The predicted molar refractivity (Wildman–Crippen MR) is 122 cm³/mol. The lowest BCUT2D eigenvalue weighted by Crippen LogP contribution is -2.20. The Morgan fingerprint density at radius 2 is 1.55 bits per heavy atom. The van der Waals surface area contributed by atoms with Gasteiger partial charge >= 0.3 is 0 Å². The molecule has 4 nitrogen and oxygen atoms in total. The molecule has 0 radical (unpaired) electrons. The molecule has 2 aromatic heterocycles. The number of benzene rings is 2. The van der Waals surface area contributed by atoms with Gasteiger partial charge in [0.1, 0.15) is 10.7 Å². The molecule has 0 bridgehead atoms. The third kappa shape index (κ3) is 3.47. The van der Waals surface area contributed by atoms with Crippen molar-refractivity contribution in [3.05, 3.63) is 79.0 Å². The fraction of sp³-hybridized carbons (Fsp3) is 0.0476. The Bertz CT molecular complexity index is 1330. The van der Waals surface area contributed by atoms with E-state index >= 15 is 0 Å². The molecule has 4 rings (SSSR count). The first-order valence-corrected chi connectivity index (χ1v) is 9.99. The van der Waals surface area contributed by atoms with Gasteiger partial charge in [0.2, 0.25) is 0 Å². The van der Waals surface area contributed by atoms with Crippen LogP contribution in [0.25, 0.3) is 33.4 Å². The van der Waals surface area contributed by atoms with E-state index in [1.807, 2.05) is 18.2 Å². The summed E-state index contributed by atoms with van der Waals surface area (Å²) in [5, 5.41) is 2.08. The number of fused-ring (bicyclic) bond motifs is 1. The summed E-state index contributed by atoms with van der Waals surface area (Å²) in [4.78, 5) is 17.2. The molecule has 0 atom stereocenters. The number of halogens is 4. The number of hydrogen-bond acceptors (Lipinski definition) is 3.